The fraction of sp³-hybridized carbons (Fsp3) is 0.250. The van der Waals surface area contributed by atoms with E-state index in [1.165, 1.54) is 11.3 Å². The fourth-order valence-electron chi connectivity index (χ4n) is 5.13. The van der Waals surface area contributed by atoms with Crippen LogP contribution in [0.1, 0.15) is 30.6 Å². The summed E-state index contributed by atoms with van der Waals surface area (Å²) in [5, 5.41) is 14.6. The quantitative estimate of drug-likeness (QED) is 0.217. The number of nitrogens with two attached hydrogens (primary N) is 1. The number of carbonyl (C=O) groups is 2. The summed E-state index contributed by atoms with van der Waals surface area (Å²) in [5.74, 6) is 0.777. The van der Waals surface area contributed by atoms with E-state index in [4.69, 9.17) is 4.74 Å². The number of hydrogen-bond acceptors (Lipinski definition) is 8. The molecule has 5 rings (SSSR count). The molecule has 2 unspecified atom stereocenters. The molecule has 44 heavy (non-hydrogen) atoms. The SMILES string of the molecule is CC1(CC(O)c2ccccc2)CN(c2ccc(OCc3ccccc3)cc2)CCN1S(=O)(=O)c1cccs1.NC(=O)NC=O. The molecule has 1 aromatic heterocycles. The van der Waals surface area contributed by atoms with Crippen LogP contribution in [0.2, 0.25) is 0 Å². The number of piperazine rings is 1. The number of anilines is 1. The number of urea groups is 1. The van der Waals surface area contributed by atoms with Crippen LogP contribution in [0.3, 0.4) is 0 Å². The van der Waals surface area contributed by atoms with E-state index in [0.29, 0.717) is 30.5 Å². The summed E-state index contributed by atoms with van der Waals surface area (Å²) in [4.78, 5) is 20.9. The van der Waals surface area contributed by atoms with Gasteiger partial charge in [0.15, 0.2) is 0 Å². The van der Waals surface area contributed by atoms with Gasteiger partial charge in [-0.15, -0.1) is 11.3 Å². The van der Waals surface area contributed by atoms with E-state index in [2.05, 4.69) is 10.6 Å². The van der Waals surface area contributed by atoms with Crippen LogP contribution in [0.4, 0.5) is 10.5 Å². The predicted molar refractivity (Wildman–Crippen MR) is 171 cm³/mol. The fourth-order valence-corrected chi connectivity index (χ4v) is 8.00. The Bertz CT molecular complexity index is 1590. The second kappa shape index (κ2) is 15.0. The van der Waals surface area contributed by atoms with Gasteiger partial charge in [-0.05, 0) is 60.2 Å². The highest BCUT2D eigenvalue weighted by Crippen LogP contribution is 2.38. The van der Waals surface area contributed by atoms with Crippen molar-refractivity contribution in [2.75, 3.05) is 24.5 Å². The zero-order valence-corrected chi connectivity index (χ0v) is 25.9. The van der Waals surface area contributed by atoms with Crippen LogP contribution < -0.4 is 20.7 Å². The minimum Gasteiger partial charge on any atom is -0.489 e. The molecule has 0 spiro atoms. The van der Waals surface area contributed by atoms with Crippen molar-refractivity contribution in [3.8, 4) is 5.75 Å². The van der Waals surface area contributed by atoms with Gasteiger partial charge in [0, 0.05) is 25.3 Å². The lowest BCUT2D eigenvalue weighted by Gasteiger charge is -2.49. The molecule has 0 saturated carbocycles. The van der Waals surface area contributed by atoms with Crippen molar-refractivity contribution >= 4 is 39.5 Å². The lowest BCUT2D eigenvalue weighted by molar-refractivity contribution is -0.108. The molecule has 1 aliphatic heterocycles. The number of benzene rings is 3. The monoisotopic (exact) mass is 636 g/mol. The Hall–Kier alpha value is -4.23. The number of rotatable bonds is 10. The van der Waals surface area contributed by atoms with Gasteiger partial charge in [0.2, 0.25) is 6.41 Å². The highest BCUT2D eigenvalue weighted by molar-refractivity contribution is 7.91. The van der Waals surface area contributed by atoms with Crippen molar-refractivity contribution < 1.29 is 27.9 Å². The Morgan fingerprint density at radius 3 is 2.25 bits per heavy atom. The summed E-state index contributed by atoms with van der Waals surface area (Å²) in [7, 11) is -3.71. The maximum atomic E-state index is 13.7. The molecule has 2 atom stereocenters. The molecular weight excluding hydrogens is 601 g/mol. The smallest absolute Gasteiger partial charge is 0.318 e. The van der Waals surface area contributed by atoms with E-state index >= 15 is 0 Å². The predicted octanol–water partition coefficient (Wildman–Crippen LogP) is 4.53. The Morgan fingerprint density at radius 1 is 1.02 bits per heavy atom. The van der Waals surface area contributed by atoms with Gasteiger partial charge < -0.3 is 20.5 Å². The van der Waals surface area contributed by atoms with Gasteiger partial charge in [-0.3, -0.25) is 10.1 Å². The number of nitrogens with zero attached hydrogens (tertiary/aromatic N) is 2. The van der Waals surface area contributed by atoms with E-state index in [1.807, 2.05) is 91.9 Å². The molecule has 4 N–H and O–H groups in total. The molecule has 0 radical (unpaired) electrons. The maximum absolute atomic E-state index is 13.7. The van der Waals surface area contributed by atoms with E-state index in [9.17, 15) is 23.1 Å². The first kappa shape index (κ1) is 32.7. The molecule has 4 aromatic rings. The third-order valence-corrected chi connectivity index (χ3v) is 10.6. The van der Waals surface area contributed by atoms with Crippen LogP contribution in [0.5, 0.6) is 5.75 Å². The van der Waals surface area contributed by atoms with Crippen LogP contribution in [0.15, 0.2) is 107 Å². The Balaban J connectivity index is 0.000000670. The van der Waals surface area contributed by atoms with Crippen molar-refractivity contribution in [3.63, 3.8) is 0 Å². The number of nitrogens with one attached hydrogen (secondary N) is 1. The van der Waals surface area contributed by atoms with Gasteiger partial charge in [0.05, 0.1) is 11.6 Å². The molecular formula is C32H36N4O6S2. The molecule has 232 valence electrons. The average molecular weight is 637 g/mol. The molecule has 0 bridgehead atoms. The lowest BCUT2D eigenvalue weighted by Crippen LogP contribution is -2.62. The summed E-state index contributed by atoms with van der Waals surface area (Å²) in [5.41, 5.74) is 6.46. The van der Waals surface area contributed by atoms with Crippen molar-refractivity contribution in [2.24, 2.45) is 5.73 Å². The number of amides is 3. The number of imide groups is 1. The van der Waals surface area contributed by atoms with E-state index < -0.39 is 27.7 Å². The molecule has 1 aliphatic rings. The van der Waals surface area contributed by atoms with Crippen LogP contribution >= 0.6 is 11.3 Å². The first-order valence-electron chi connectivity index (χ1n) is 13.9. The standard InChI is InChI=1S/C30H32N2O4S2.C2H4N2O2/c1-30(21-28(33)25-11-6-3-7-12-25)23-31(18-19-32(30)38(34,35)29-13-8-20-37-29)26-14-16-27(17-15-26)36-22-24-9-4-2-5-10-24;3-2(6)4-1-5/h2-17,20,28,33H,18-19,21-23H2,1H3;1H,(H3,3,4,5,6). The van der Waals surface area contributed by atoms with E-state index in [1.54, 1.807) is 27.1 Å². The normalized spacial score (nSPS) is 17.5. The maximum Gasteiger partial charge on any atom is 0.318 e. The minimum absolute atomic E-state index is 0.225. The van der Waals surface area contributed by atoms with Crippen LogP contribution in [-0.4, -0.2) is 55.4 Å². The zero-order chi connectivity index (χ0) is 31.6. The molecule has 0 aliphatic carbocycles. The van der Waals surface area contributed by atoms with Gasteiger partial charge in [0.25, 0.3) is 10.0 Å². The second-order valence-electron chi connectivity index (χ2n) is 10.5. The van der Waals surface area contributed by atoms with Crippen LogP contribution in [0.25, 0.3) is 0 Å². The number of aliphatic hydroxyl groups is 1. The van der Waals surface area contributed by atoms with Gasteiger partial charge in [-0.2, -0.15) is 4.31 Å². The molecule has 3 amide bonds. The van der Waals surface area contributed by atoms with E-state index in [0.717, 1.165) is 22.6 Å². The number of thiophene rings is 1. The summed E-state index contributed by atoms with van der Waals surface area (Å²) < 4.78 is 35.2. The van der Waals surface area contributed by atoms with E-state index in [-0.39, 0.29) is 12.8 Å². The minimum atomic E-state index is -3.71. The Morgan fingerprint density at radius 2 is 1.68 bits per heavy atom. The number of aliphatic hydroxyl groups excluding tert-OH is 1. The summed E-state index contributed by atoms with van der Waals surface area (Å²) in [6.07, 6.45) is -0.297. The van der Waals surface area contributed by atoms with Gasteiger partial charge in [0.1, 0.15) is 16.6 Å². The summed E-state index contributed by atoms with van der Waals surface area (Å²) in [6.45, 7) is 3.75. The third-order valence-electron chi connectivity index (χ3n) is 7.21. The van der Waals surface area contributed by atoms with Gasteiger partial charge >= 0.3 is 6.03 Å². The zero-order valence-electron chi connectivity index (χ0n) is 24.3. The lowest BCUT2D eigenvalue weighted by atomic mass is 9.88. The second-order valence-corrected chi connectivity index (χ2v) is 13.5. The molecule has 12 heteroatoms. The third kappa shape index (κ3) is 8.44. The molecule has 1 fully saturated rings. The summed E-state index contributed by atoms with van der Waals surface area (Å²) in [6, 6.07) is 29.9. The van der Waals surface area contributed by atoms with Crippen molar-refractivity contribution in [1.82, 2.24) is 9.62 Å². The summed E-state index contributed by atoms with van der Waals surface area (Å²) >= 11 is 1.22. The molecule has 10 nitrogen and oxygen atoms in total. The van der Waals surface area contributed by atoms with Crippen LogP contribution in [0, 0.1) is 0 Å². The Labute approximate surface area is 261 Å². The molecule has 1 saturated heterocycles. The van der Waals surface area contributed by atoms with Crippen molar-refractivity contribution in [3.05, 3.63) is 114 Å². The highest BCUT2D eigenvalue weighted by Gasteiger charge is 2.46. The highest BCUT2D eigenvalue weighted by atomic mass is 32.2. The van der Waals surface area contributed by atoms with Crippen LogP contribution in [-0.2, 0) is 21.4 Å². The molecule has 3 aromatic carbocycles. The number of carbonyl (C=O) groups excluding carboxylic acids is 2. The Kier molecular flexibility index (Phi) is 11.1. The molecule has 2 heterocycles. The number of sulfonamides is 1. The first-order chi connectivity index (χ1) is 21.1. The average Bonchev–Trinajstić information content (AvgIpc) is 3.58. The van der Waals surface area contributed by atoms with Gasteiger partial charge in [-0.1, -0.05) is 66.7 Å². The van der Waals surface area contributed by atoms with Gasteiger partial charge in [-0.25, -0.2) is 13.2 Å². The van der Waals surface area contributed by atoms with Crippen molar-refractivity contribution in [1.29, 1.82) is 0 Å². The van der Waals surface area contributed by atoms with Crippen molar-refractivity contribution in [2.45, 2.75) is 35.8 Å². The number of hydrogen-bond donors (Lipinski definition) is 3. The largest absolute Gasteiger partial charge is 0.489 e. The first-order valence-corrected chi connectivity index (χ1v) is 16.2. The number of primary amides is 1. The number of ether oxygens (including phenoxy) is 1. The topological polar surface area (TPSA) is 142 Å².